The van der Waals surface area contributed by atoms with Crippen molar-refractivity contribution in [2.45, 2.75) is 13.0 Å². The van der Waals surface area contributed by atoms with Crippen LogP contribution in [0.2, 0.25) is 5.02 Å². The van der Waals surface area contributed by atoms with Gasteiger partial charge in [0.25, 0.3) is 0 Å². The lowest BCUT2D eigenvalue weighted by atomic mass is 10.1. The molecule has 0 fully saturated rings. The molecule has 1 aromatic rings. The van der Waals surface area contributed by atoms with Crippen molar-refractivity contribution in [3.63, 3.8) is 0 Å². The molecule has 0 radical (unpaired) electrons. The third-order valence-electron chi connectivity index (χ3n) is 2.43. The molecule has 0 amide bonds. The van der Waals surface area contributed by atoms with Crippen LogP contribution < -0.4 is 10.5 Å². The fourth-order valence-electron chi connectivity index (χ4n) is 1.48. The Hall–Kier alpha value is -1.30. The van der Waals surface area contributed by atoms with Crippen molar-refractivity contribution in [2.24, 2.45) is 5.73 Å². The normalized spacial score (nSPS) is 12.0. The zero-order chi connectivity index (χ0) is 14.3. The molecule has 1 atom stereocenters. The summed E-state index contributed by atoms with van der Waals surface area (Å²) in [6.45, 7) is 2.18. The van der Waals surface area contributed by atoms with Crippen LogP contribution in [0.5, 0.6) is 5.75 Å². The van der Waals surface area contributed by atoms with Gasteiger partial charge in [-0.15, -0.1) is 0 Å². The molecular weight excluding hydrogens is 270 g/mol. The van der Waals surface area contributed by atoms with Crippen molar-refractivity contribution in [1.82, 2.24) is 0 Å². The van der Waals surface area contributed by atoms with Crippen LogP contribution in [0.4, 0.5) is 0 Å². The van der Waals surface area contributed by atoms with E-state index in [4.69, 9.17) is 31.5 Å². The highest BCUT2D eigenvalue weighted by Crippen LogP contribution is 2.26. The third-order valence-corrected chi connectivity index (χ3v) is 2.72. The summed E-state index contributed by atoms with van der Waals surface area (Å²) in [5, 5.41) is 0.487. The minimum Gasteiger partial charge on any atom is -0.495 e. The van der Waals surface area contributed by atoms with Crippen molar-refractivity contribution in [3.8, 4) is 5.75 Å². The summed E-state index contributed by atoms with van der Waals surface area (Å²) in [6.07, 6.45) is 0. The van der Waals surface area contributed by atoms with Crippen LogP contribution in [0.1, 0.15) is 18.5 Å². The molecule has 0 heterocycles. The molecule has 2 N–H and O–H groups in total. The molecule has 106 valence electrons. The molecule has 0 bridgehead atoms. The van der Waals surface area contributed by atoms with E-state index < -0.39 is 5.97 Å². The summed E-state index contributed by atoms with van der Waals surface area (Å²) in [7, 11) is 1.54. The first-order valence-corrected chi connectivity index (χ1v) is 6.28. The van der Waals surface area contributed by atoms with E-state index in [1.165, 1.54) is 0 Å². The predicted molar refractivity (Wildman–Crippen MR) is 72.4 cm³/mol. The van der Waals surface area contributed by atoms with Gasteiger partial charge < -0.3 is 19.9 Å². The molecule has 0 aliphatic heterocycles. The zero-order valence-electron chi connectivity index (χ0n) is 11.0. The van der Waals surface area contributed by atoms with Crippen LogP contribution in [-0.4, -0.2) is 32.9 Å². The van der Waals surface area contributed by atoms with E-state index in [2.05, 4.69) is 0 Å². The van der Waals surface area contributed by atoms with Crippen LogP contribution >= 0.6 is 11.6 Å². The fraction of sp³-hybridized carbons (Fsp3) is 0.462. The predicted octanol–water partition coefficient (Wildman–Crippen LogP) is 1.93. The van der Waals surface area contributed by atoms with Crippen molar-refractivity contribution in [1.29, 1.82) is 0 Å². The molecule has 0 spiro atoms. The van der Waals surface area contributed by atoms with Gasteiger partial charge in [0, 0.05) is 0 Å². The molecule has 5 nitrogen and oxygen atoms in total. The van der Waals surface area contributed by atoms with Crippen molar-refractivity contribution in [3.05, 3.63) is 28.8 Å². The average Bonchev–Trinajstić information content (AvgIpc) is 2.38. The Kier molecular flexibility index (Phi) is 6.62. The second-order valence-corrected chi connectivity index (χ2v) is 4.23. The number of hydrogen-bond acceptors (Lipinski definition) is 5. The Morgan fingerprint density at radius 3 is 2.79 bits per heavy atom. The second kappa shape index (κ2) is 7.99. The number of carbonyl (C=O) groups excluding carboxylic acids is 1. The quantitative estimate of drug-likeness (QED) is 0.776. The molecule has 6 heteroatoms. The van der Waals surface area contributed by atoms with Gasteiger partial charge in [-0.3, -0.25) is 0 Å². The maximum atomic E-state index is 11.1. The number of rotatable bonds is 7. The molecule has 0 aliphatic rings. The summed E-state index contributed by atoms with van der Waals surface area (Å²) in [5.74, 6) is 0.188. The van der Waals surface area contributed by atoms with Gasteiger partial charge in [-0.25, -0.2) is 4.79 Å². The summed E-state index contributed by atoms with van der Waals surface area (Å²) in [5.41, 5.74) is 6.75. The minimum absolute atomic E-state index is 0.106. The van der Waals surface area contributed by atoms with E-state index in [-0.39, 0.29) is 19.3 Å². The first-order valence-electron chi connectivity index (χ1n) is 5.90. The summed E-state index contributed by atoms with van der Waals surface area (Å²) in [6, 6.07) is 4.91. The van der Waals surface area contributed by atoms with E-state index in [9.17, 15) is 4.79 Å². The van der Waals surface area contributed by atoms with Crippen molar-refractivity contribution >= 4 is 17.6 Å². The Morgan fingerprint density at radius 2 is 2.21 bits per heavy atom. The second-order valence-electron chi connectivity index (χ2n) is 3.82. The highest BCUT2D eigenvalue weighted by molar-refractivity contribution is 6.32. The number of ether oxygens (including phenoxy) is 3. The van der Waals surface area contributed by atoms with Gasteiger partial charge in [0.2, 0.25) is 0 Å². The van der Waals surface area contributed by atoms with Gasteiger partial charge in [-0.2, -0.15) is 0 Å². The molecule has 1 rings (SSSR count). The van der Waals surface area contributed by atoms with E-state index in [0.29, 0.717) is 17.4 Å². The molecule has 0 saturated carbocycles. The monoisotopic (exact) mass is 287 g/mol. The number of esters is 1. The summed E-state index contributed by atoms with van der Waals surface area (Å²) < 4.78 is 15.0. The number of benzene rings is 1. The first kappa shape index (κ1) is 15.8. The van der Waals surface area contributed by atoms with E-state index >= 15 is 0 Å². The molecule has 1 unspecified atom stereocenters. The molecule has 0 saturated heterocycles. The van der Waals surface area contributed by atoms with Gasteiger partial charge in [-0.05, 0) is 24.6 Å². The Balaban J connectivity index is 2.47. The molecule has 0 aromatic heterocycles. The Morgan fingerprint density at radius 1 is 1.47 bits per heavy atom. The van der Waals surface area contributed by atoms with Gasteiger partial charge in [0.05, 0.1) is 31.4 Å². The summed E-state index contributed by atoms with van der Waals surface area (Å²) >= 11 is 6.00. The lowest BCUT2D eigenvalue weighted by Crippen LogP contribution is -2.20. The third kappa shape index (κ3) is 5.06. The Labute approximate surface area is 117 Å². The lowest BCUT2D eigenvalue weighted by molar-refractivity contribution is -0.148. The SMILES string of the molecule is CCOC(=O)COCC(N)c1ccc(OC)c(Cl)c1. The van der Waals surface area contributed by atoms with Gasteiger partial charge in [0.1, 0.15) is 12.4 Å². The van der Waals surface area contributed by atoms with Gasteiger partial charge in [-0.1, -0.05) is 17.7 Å². The highest BCUT2D eigenvalue weighted by atomic mass is 35.5. The first-order chi connectivity index (χ1) is 9.08. The Bertz CT molecular complexity index is 425. The van der Waals surface area contributed by atoms with Crippen LogP contribution in [-0.2, 0) is 14.3 Å². The maximum Gasteiger partial charge on any atom is 0.332 e. The van der Waals surface area contributed by atoms with E-state index in [1.54, 1.807) is 26.2 Å². The zero-order valence-corrected chi connectivity index (χ0v) is 11.8. The van der Waals surface area contributed by atoms with Crippen LogP contribution in [0, 0.1) is 0 Å². The van der Waals surface area contributed by atoms with Crippen LogP contribution in [0.3, 0.4) is 0 Å². The lowest BCUT2D eigenvalue weighted by Gasteiger charge is -2.13. The van der Waals surface area contributed by atoms with Crippen molar-refractivity contribution in [2.75, 3.05) is 26.9 Å². The highest BCUT2D eigenvalue weighted by Gasteiger charge is 2.10. The smallest absolute Gasteiger partial charge is 0.332 e. The van der Waals surface area contributed by atoms with Crippen molar-refractivity contribution < 1.29 is 19.0 Å². The molecule has 1 aromatic carbocycles. The minimum atomic E-state index is -0.400. The number of methoxy groups -OCH3 is 1. The van der Waals surface area contributed by atoms with Gasteiger partial charge >= 0.3 is 5.97 Å². The van der Waals surface area contributed by atoms with E-state index in [0.717, 1.165) is 5.56 Å². The molecular formula is C13H18ClNO4. The number of nitrogens with two attached hydrogens (primary N) is 1. The molecule has 0 aliphatic carbocycles. The topological polar surface area (TPSA) is 70.8 Å². The fourth-order valence-corrected chi connectivity index (χ4v) is 1.75. The average molecular weight is 288 g/mol. The van der Waals surface area contributed by atoms with Crippen LogP contribution in [0.15, 0.2) is 18.2 Å². The number of hydrogen-bond donors (Lipinski definition) is 1. The van der Waals surface area contributed by atoms with E-state index in [1.807, 2.05) is 6.07 Å². The largest absolute Gasteiger partial charge is 0.495 e. The maximum absolute atomic E-state index is 11.1. The number of halogens is 1. The van der Waals surface area contributed by atoms with Crippen LogP contribution in [0.25, 0.3) is 0 Å². The van der Waals surface area contributed by atoms with Gasteiger partial charge in [0.15, 0.2) is 0 Å². The molecule has 19 heavy (non-hydrogen) atoms. The standard InChI is InChI=1S/C13H18ClNO4/c1-3-19-13(16)8-18-7-11(15)9-4-5-12(17-2)10(14)6-9/h4-6,11H,3,7-8,15H2,1-2H3. The number of carbonyl (C=O) groups is 1. The summed E-state index contributed by atoms with van der Waals surface area (Å²) in [4.78, 5) is 11.1.